The molecule has 1 N–H and O–H groups in total. The van der Waals surface area contributed by atoms with Gasteiger partial charge in [0.25, 0.3) is 11.8 Å². The molecule has 0 aliphatic rings. The van der Waals surface area contributed by atoms with Crippen LogP contribution >= 0.6 is 11.3 Å². The van der Waals surface area contributed by atoms with Crippen LogP contribution < -0.4 is 15.0 Å². The molecule has 0 saturated carbocycles. The smallest absolute Gasteiger partial charge is 0.252 e. The van der Waals surface area contributed by atoms with Gasteiger partial charge in [0.2, 0.25) is 0 Å². The molecule has 0 spiro atoms. The highest BCUT2D eigenvalue weighted by Gasteiger charge is 2.32. The SMILES string of the molecule is C=CC(=O)N(c1ccc2ncsc2c1)C(C(=O)Nc1ccc(OC)cc1)c1cccnc1. The summed E-state index contributed by atoms with van der Waals surface area (Å²) in [5.74, 6) is -0.122. The molecule has 2 aromatic carbocycles. The third-order valence-electron chi connectivity index (χ3n) is 4.87. The van der Waals surface area contributed by atoms with Crippen molar-refractivity contribution in [2.75, 3.05) is 17.3 Å². The van der Waals surface area contributed by atoms with Gasteiger partial charge in [0, 0.05) is 29.3 Å². The standard InChI is InChI=1S/C24H20N4O3S/c1-3-22(29)28(18-8-11-20-21(13-18)32-15-26-20)23(16-5-4-12-25-14-16)24(30)27-17-6-9-19(31-2)10-7-17/h3-15,23H,1H2,2H3,(H,27,30). The molecule has 0 aliphatic heterocycles. The van der Waals surface area contributed by atoms with E-state index in [0.29, 0.717) is 22.7 Å². The number of amides is 2. The number of carbonyl (C=O) groups is 2. The Morgan fingerprint density at radius 3 is 2.69 bits per heavy atom. The molecule has 32 heavy (non-hydrogen) atoms. The Bertz CT molecular complexity index is 1260. The lowest BCUT2D eigenvalue weighted by Gasteiger charge is -2.30. The first-order valence-electron chi connectivity index (χ1n) is 9.74. The van der Waals surface area contributed by atoms with Crippen molar-refractivity contribution in [1.29, 1.82) is 0 Å². The van der Waals surface area contributed by atoms with Gasteiger partial charge in [-0.15, -0.1) is 11.3 Å². The lowest BCUT2D eigenvalue weighted by molar-refractivity contribution is -0.121. The van der Waals surface area contributed by atoms with Gasteiger partial charge in [-0.3, -0.25) is 19.5 Å². The van der Waals surface area contributed by atoms with E-state index >= 15 is 0 Å². The van der Waals surface area contributed by atoms with Gasteiger partial charge in [-0.1, -0.05) is 12.6 Å². The number of anilines is 2. The molecule has 7 nitrogen and oxygen atoms in total. The van der Waals surface area contributed by atoms with Gasteiger partial charge >= 0.3 is 0 Å². The fourth-order valence-corrected chi connectivity index (χ4v) is 4.05. The van der Waals surface area contributed by atoms with E-state index in [1.807, 2.05) is 12.1 Å². The largest absolute Gasteiger partial charge is 0.497 e. The number of nitrogens with zero attached hydrogens (tertiary/aromatic N) is 3. The number of nitrogens with one attached hydrogen (secondary N) is 1. The number of hydrogen-bond donors (Lipinski definition) is 1. The number of ether oxygens (including phenoxy) is 1. The zero-order valence-corrected chi connectivity index (χ0v) is 18.1. The molecule has 8 heteroatoms. The minimum Gasteiger partial charge on any atom is -0.497 e. The highest BCUT2D eigenvalue weighted by Crippen LogP contribution is 2.32. The molecule has 0 bridgehead atoms. The van der Waals surface area contributed by atoms with Crippen molar-refractivity contribution < 1.29 is 14.3 Å². The molecule has 4 rings (SSSR count). The molecule has 0 radical (unpaired) electrons. The Labute approximate surface area is 189 Å². The maximum atomic E-state index is 13.5. The first-order chi connectivity index (χ1) is 15.6. The number of pyridine rings is 1. The highest BCUT2D eigenvalue weighted by molar-refractivity contribution is 7.16. The van der Waals surface area contributed by atoms with Crippen LogP contribution in [0.2, 0.25) is 0 Å². The molecule has 160 valence electrons. The van der Waals surface area contributed by atoms with E-state index in [1.165, 1.54) is 22.3 Å². The van der Waals surface area contributed by atoms with E-state index in [9.17, 15) is 9.59 Å². The predicted octanol–water partition coefficient (Wildman–Crippen LogP) is 4.60. The van der Waals surface area contributed by atoms with Crippen LogP contribution in [0.15, 0.2) is 85.2 Å². The third-order valence-corrected chi connectivity index (χ3v) is 5.66. The average Bonchev–Trinajstić information content (AvgIpc) is 3.31. The van der Waals surface area contributed by atoms with Crippen molar-refractivity contribution in [3.05, 3.63) is 90.7 Å². The van der Waals surface area contributed by atoms with Crippen LogP contribution in [0.1, 0.15) is 11.6 Å². The maximum Gasteiger partial charge on any atom is 0.252 e. The van der Waals surface area contributed by atoms with E-state index in [4.69, 9.17) is 4.74 Å². The molecular weight excluding hydrogens is 424 g/mol. The van der Waals surface area contributed by atoms with E-state index < -0.39 is 11.9 Å². The summed E-state index contributed by atoms with van der Waals surface area (Å²) in [6.07, 6.45) is 4.39. The number of rotatable bonds is 7. The molecule has 2 heterocycles. The van der Waals surface area contributed by atoms with Crippen LogP contribution in [0.25, 0.3) is 10.2 Å². The first kappa shape index (κ1) is 21.2. The van der Waals surface area contributed by atoms with Crippen LogP contribution in [0, 0.1) is 0 Å². The second-order valence-corrected chi connectivity index (χ2v) is 7.71. The lowest BCUT2D eigenvalue weighted by Crippen LogP contribution is -2.40. The van der Waals surface area contributed by atoms with E-state index in [1.54, 1.807) is 67.5 Å². The van der Waals surface area contributed by atoms with Crippen LogP contribution in [-0.4, -0.2) is 28.9 Å². The van der Waals surface area contributed by atoms with Crippen molar-refractivity contribution >= 4 is 44.7 Å². The van der Waals surface area contributed by atoms with Crippen molar-refractivity contribution in [3.8, 4) is 5.75 Å². The van der Waals surface area contributed by atoms with Gasteiger partial charge in [-0.2, -0.15) is 0 Å². The van der Waals surface area contributed by atoms with E-state index in [0.717, 1.165) is 10.2 Å². The van der Waals surface area contributed by atoms with Gasteiger partial charge in [-0.05, 0) is 54.6 Å². The van der Waals surface area contributed by atoms with Crippen molar-refractivity contribution in [1.82, 2.24) is 9.97 Å². The van der Waals surface area contributed by atoms with Gasteiger partial charge in [0.05, 0.1) is 22.8 Å². The number of hydrogen-bond acceptors (Lipinski definition) is 6. The number of methoxy groups -OCH3 is 1. The molecule has 4 aromatic rings. The molecule has 0 fully saturated rings. The van der Waals surface area contributed by atoms with Crippen LogP contribution in [-0.2, 0) is 9.59 Å². The Kier molecular flexibility index (Phi) is 6.23. The zero-order valence-electron chi connectivity index (χ0n) is 17.3. The third kappa shape index (κ3) is 4.35. The summed E-state index contributed by atoms with van der Waals surface area (Å²) in [6.45, 7) is 3.64. The van der Waals surface area contributed by atoms with E-state index in [2.05, 4.69) is 21.9 Å². The number of thiazole rings is 1. The van der Waals surface area contributed by atoms with Crippen LogP contribution in [0.4, 0.5) is 11.4 Å². The Balaban J connectivity index is 1.77. The van der Waals surface area contributed by atoms with Gasteiger partial charge < -0.3 is 10.1 Å². The summed E-state index contributed by atoms with van der Waals surface area (Å²) in [5.41, 5.74) is 4.27. The number of aromatic nitrogens is 2. The Morgan fingerprint density at radius 1 is 1.19 bits per heavy atom. The average molecular weight is 445 g/mol. The maximum absolute atomic E-state index is 13.5. The van der Waals surface area contributed by atoms with Crippen molar-refractivity contribution in [2.24, 2.45) is 0 Å². The number of carbonyl (C=O) groups excluding carboxylic acids is 2. The molecule has 1 unspecified atom stereocenters. The monoisotopic (exact) mass is 444 g/mol. The Hall–Kier alpha value is -4.04. The molecule has 0 saturated heterocycles. The van der Waals surface area contributed by atoms with Crippen molar-refractivity contribution in [2.45, 2.75) is 6.04 Å². The first-order valence-corrected chi connectivity index (χ1v) is 10.6. The summed E-state index contributed by atoms with van der Waals surface area (Å²) in [7, 11) is 1.57. The summed E-state index contributed by atoms with van der Waals surface area (Å²) < 4.78 is 6.08. The number of fused-ring (bicyclic) bond motifs is 1. The fraction of sp³-hybridized carbons (Fsp3) is 0.0833. The molecule has 0 aliphatic carbocycles. The summed E-state index contributed by atoms with van der Waals surface area (Å²) in [5, 5.41) is 2.89. The van der Waals surface area contributed by atoms with Crippen LogP contribution in [0.5, 0.6) is 5.75 Å². The molecule has 1 atom stereocenters. The second kappa shape index (κ2) is 9.40. The minimum atomic E-state index is -0.971. The van der Waals surface area contributed by atoms with Crippen LogP contribution in [0.3, 0.4) is 0 Å². The predicted molar refractivity (Wildman–Crippen MR) is 126 cm³/mol. The lowest BCUT2D eigenvalue weighted by atomic mass is 10.0. The van der Waals surface area contributed by atoms with Gasteiger partial charge in [0.15, 0.2) is 0 Å². The summed E-state index contributed by atoms with van der Waals surface area (Å²) in [6, 6.07) is 14.9. The second-order valence-electron chi connectivity index (χ2n) is 6.82. The van der Waals surface area contributed by atoms with Gasteiger partial charge in [-0.25, -0.2) is 4.98 Å². The number of benzene rings is 2. The van der Waals surface area contributed by atoms with E-state index in [-0.39, 0.29) is 5.91 Å². The highest BCUT2D eigenvalue weighted by atomic mass is 32.1. The molecule has 2 amide bonds. The normalized spacial score (nSPS) is 11.5. The summed E-state index contributed by atoms with van der Waals surface area (Å²) >= 11 is 1.46. The van der Waals surface area contributed by atoms with Crippen molar-refractivity contribution in [3.63, 3.8) is 0 Å². The Morgan fingerprint density at radius 2 is 2.00 bits per heavy atom. The summed E-state index contributed by atoms with van der Waals surface area (Å²) in [4.78, 5) is 36.4. The molecular formula is C24H20N4O3S. The fourth-order valence-electron chi connectivity index (χ4n) is 3.34. The minimum absolute atomic E-state index is 0.386. The quantitative estimate of drug-likeness (QED) is 0.421. The molecule has 2 aromatic heterocycles. The van der Waals surface area contributed by atoms with Gasteiger partial charge in [0.1, 0.15) is 11.8 Å². The topological polar surface area (TPSA) is 84.4 Å². The zero-order chi connectivity index (χ0) is 22.5.